The molecule has 1 saturated heterocycles. The van der Waals surface area contributed by atoms with Crippen LogP contribution in [-0.2, 0) is 0 Å². The molecule has 0 bridgehead atoms. The average molecular weight is 291 g/mol. The van der Waals surface area contributed by atoms with E-state index in [1.165, 1.54) is 25.7 Å². The molecule has 0 unspecified atom stereocenters. The fourth-order valence-corrected chi connectivity index (χ4v) is 2.76. The summed E-state index contributed by atoms with van der Waals surface area (Å²) in [4.78, 5) is 2.35. The molecule has 0 saturated carbocycles. The molecule has 0 amide bonds. The zero-order chi connectivity index (χ0) is 13.9. The number of hydrogen-bond acceptors (Lipinski definition) is 5. The molecule has 6 nitrogen and oxygen atoms in total. The average Bonchev–Trinajstić information content (AvgIpc) is 2.75. The molecule has 1 aromatic heterocycles. The number of anilines is 2. The number of nitrogens with one attached hydrogen (secondary N) is 1. The molecule has 2 heterocycles. The van der Waals surface area contributed by atoms with Crippen molar-refractivity contribution in [1.29, 1.82) is 0 Å². The van der Waals surface area contributed by atoms with E-state index in [0.717, 1.165) is 30.0 Å². The van der Waals surface area contributed by atoms with Crippen LogP contribution in [0.3, 0.4) is 0 Å². The van der Waals surface area contributed by atoms with Crippen molar-refractivity contribution in [3.8, 4) is 0 Å². The zero-order valence-electron chi connectivity index (χ0n) is 11.1. The highest BCUT2D eigenvalue weighted by atomic mass is 32.1. The minimum Gasteiger partial charge on any atom is -0.376 e. The van der Waals surface area contributed by atoms with Gasteiger partial charge in [-0.15, -0.1) is 0 Å². The Morgan fingerprint density at radius 3 is 2.55 bits per heavy atom. The number of thiocarbonyl (C=S) groups is 1. The Balaban J connectivity index is 1.99. The molecule has 3 N–H and O–H groups in total. The Bertz CT molecular complexity index is 618. The standard InChI is InChI=1S/C13H17N5OS/c14-13(20)15-9-5-6-10(12-11(9)16-19-17-12)18-7-3-1-2-4-8-18/h5-6H,1-4,7-8H2,(H3,14,15,20). The number of hydrogen-bond donors (Lipinski definition) is 2. The Labute approximate surface area is 122 Å². The van der Waals surface area contributed by atoms with Crippen molar-refractivity contribution in [2.24, 2.45) is 5.73 Å². The number of aromatic nitrogens is 2. The highest BCUT2D eigenvalue weighted by Crippen LogP contribution is 2.31. The van der Waals surface area contributed by atoms with E-state index >= 15 is 0 Å². The Morgan fingerprint density at radius 2 is 1.85 bits per heavy atom. The monoisotopic (exact) mass is 291 g/mol. The van der Waals surface area contributed by atoms with E-state index in [0.29, 0.717) is 5.52 Å². The lowest BCUT2D eigenvalue weighted by Gasteiger charge is -2.22. The summed E-state index contributed by atoms with van der Waals surface area (Å²) < 4.78 is 4.90. The van der Waals surface area contributed by atoms with Crippen molar-refractivity contribution < 1.29 is 4.63 Å². The topological polar surface area (TPSA) is 80.2 Å². The van der Waals surface area contributed by atoms with Crippen LogP contribution in [0.5, 0.6) is 0 Å². The third-order valence-electron chi connectivity index (χ3n) is 3.60. The first-order valence-corrected chi connectivity index (χ1v) is 7.23. The maximum Gasteiger partial charge on any atom is 0.168 e. The van der Waals surface area contributed by atoms with Gasteiger partial charge in [0.05, 0.1) is 11.4 Å². The normalized spacial score (nSPS) is 16.1. The summed E-state index contributed by atoms with van der Waals surface area (Å²) >= 11 is 4.87. The van der Waals surface area contributed by atoms with E-state index in [4.69, 9.17) is 22.6 Å². The zero-order valence-corrected chi connectivity index (χ0v) is 11.9. The van der Waals surface area contributed by atoms with Gasteiger partial charge in [0, 0.05) is 13.1 Å². The van der Waals surface area contributed by atoms with Gasteiger partial charge in [-0.1, -0.05) is 12.8 Å². The van der Waals surface area contributed by atoms with E-state index in [1.807, 2.05) is 12.1 Å². The minimum absolute atomic E-state index is 0.205. The van der Waals surface area contributed by atoms with Crippen LogP contribution in [0.2, 0.25) is 0 Å². The van der Waals surface area contributed by atoms with Crippen molar-refractivity contribution in [3.05, 3.63) is 12.1 Å². The molecule has 1 aliphatic rings. The summed E-state index contributed by atoms with van der Waals surface area (Å²) in [5, 5.41) is 11.1. The summed E-state index contributed by atoms with van der Waals surface area (Å²) in [6.45, 7) is 2.09. The number of benzene rings is 1. The molecule has 106 valence electrons. The third kappa shape index (κ3) is 2.53. The van der Waals surface area contributed by atoms with Crippen molar-refractivity contribution >= 4 is 39.7 Å². The van der Waals surface area contributed by atoms with E-state index in [1.54, 1.807) is 0 Å². The molecular formula is C13H17N5OS. The van der Waals surface area contributed by atoms with Gasteiger partial charge in [-0.2, -0.15) is 0 Å². The number of fused-ring (bicyclic) bond motifs is 1. The lowest BCUT2D eigenvalue weighted by Crippen LogP contribution is -2.24. The molecule has 0 aliphatic carbocycles. The van der Waals surface area contributed by atoms with Crippen LogP contribution in [0, 0.1) is 0 Å². The number of nitrogens with two attached hydrogens (primary N) is 1. The maximum atomic E-state index is 5.52. The Kier molecular flexibility index (Phi) is 3.68. The van der Waals surface area contributed by atoms with Crippen LogP contribution >= 0.6 is 12.2 Å². The first kappa shape index (κ1) is 13.1. The van der Waals surface area contributed by atoms with Crippen LogP contribution in [0.4, 0.5) is 11.4 Å². The van der Waals surface area contributed by atoms with Crippen LogP contribution in [0.1, 0.15) is 25.7 Å². The molecule has 2 aromatic rings. The van der Waals surface area contributed by atoms with Gasteiger partial charge in [0.2, 0.25) is 0 Å². The predicted molar refractivity (Wildman–Crippen MR) is 82.9 cm³/mol. The molecule has 1 fully saturated rings. The van der Waals surface area contributed by atoms with Crippen LogP contribution in [-0.4, -0.2) is 28.5 Å². The SMILES string of the molecule is NC(=S)Nc1ccc(N2CCCCCC2)c2nonc12. The predicted octanol–water partition coefficient (Wildman–Crippen LogP) is 2.26. The van der Waals surface area contributed by atoms with Crippen molar-refractivity contribution in [3.63, 3.8) is 0 Å². The molecule has 20 heavy (non-hydrogen) atoms. The molecule has 3 rings (SSSR count). The second kappa shape index (κ2) is 5.62. The molecule has 0 spiro atoms. The highest BCUT2D eigenvalue weighted by Gasteiger charge is 2.18. The summed E-state index contributed by atoms with van der Waals surface area (Å²) in [5.74, 6) is 0. The van der Waals surface area contributed by atoms with Gasteiger partial charge in [-0.25, -0.2) is 4.63 Å². The molecule has 1 aromatic carbocycles. The fraction of sp³-hybridized carbons (Fsp3) is 0.462. The van der Waals surface area contributed by atoms with E-state index in [-0.39, 0.29) is 5.11 Å². The van der Waals surface area contributed by atoms with Gasteiger partial charge >= 0.3 is 0 Å². The largest absolute Gasteiger partial charge is 0.376 e. The van der Waals surface area contributed by atoms with E-state index in [9.17, 15) is 0 Å². The summed E-state index contributed by atoms with van der Waals surface area (Å²) in [5.41, 5.74) is 8.74. The smallest absolute Gasteiger partial charge is 0.168 e. The highest BCUT2D eigenvalue weighted by molar-refractivity contribution is 7.80. The lowest BCUT2D eigenvalue weighted by molar-refractivity contribution is 0.315. The van der Waals surface area contributed by atoms with E-state index < -0.39 is 0 Å². The molecular weight excluding hydrogens is 274 g/mol. The van der Waals surface area contributed by atoms with Gasteiger partial charge in [0.25, 0.3) is 0 Å². The minimum atomic E-state index is 0.205. The second-order valence-electron chi connectivity index (χ2n) is 4.98. The van der Waals surface area contributed by atoms with Gasteiger partial charge in [-0.05, 0) is 47.5 Å². The maximum absolute atomic E-state index is 5.52. The number of rotatable bonds is 2. The summed E-state index contributed by atoms with van der Waals surface area (Å²) in [7, 11) is 0. The van der Waals surface area contributed by atoms with Crippen LogP contribution in [0.15, 0.2) is 16.8 Å². The first-order valence-electron chi connectivity index (χ1n) is 6.82. The summed E-state index contributed by atoms with van der Waals surface area (Å²) in [6, 6.07) is 3.95. The molecule has 1 aliphatic heterocycles. The van der Waals surface area contributed by atoms with Crippen molar-refractivity contribution in [2.75, 3.05) is 23.3 Å². The molecule has 0 atom stereocenters. The molecule has 7 heteroatoms. The molecule has 0 radical (unpaired) electrons. The number of nitrogens with zero attached hydrogens (tertiary/aromatic N) is 3. The van der Waals surface area contributed by atoms with Gasteiger partial charge < -0.3 is 16.0 Å². The van der Waals surface area contributed by atoms with E-state index in [2.05, 4.69) is 20.5 Å². The third-order valence-corrected chi connectivity index (χ3v) is 3.70. The fourth-order valence-electron chi connectivity index (χ4n) is 2.65. The van der Waals surface area contributed by atoms with Crippen molar-refractivity contribution in [1.82, 2.24) is 10.3 Å². The summed E-state index contributed by atoms with van der Waals surface area (Å²) in [6.07, 6.45) is 4.99. The first-order chi connectivity index (χ1) is 9.75. The van der Waals surface area contributed by atoms with Gasteiger partial charge in [0.1, 0.15) is 0 Å². The second-order valence-corrected chi connectivity index (χ2v) is 5.42. The lowest BCUT2D eigenvalue weighted by atomic mass is 10.2. The van der Waals surface area contributed by atoms with Crippen molar-refractivity contribution in [2.45, 2.75) is 25.7 Å². The van der Waals surface area contributed by atoms with Gasteiger partial charge in [-0.3, -0.25) is 0 Å². The van der Waals surface area contributed by atoms with Gasteiger partial charge in [0.15, 0.2) is 16.1 Å². The quantitative estimate of drug-likeness (QED) is 0.821. The Morgan fingerprint density at radius 1 is 1.15 bits per heavy atom. The van der Waals surface area contributed by atoms with Crippen LogP contribution in [0.25, 0.3) is 11.0 Å². The Hall–Kier alpha value is -1.89. The van der Waals surface area contributed by atoms with Crippen LogP contribution < -0.4 is 16.0 Å².